The van der Waals surface area contributed by atoms with E-state index in [1.165, 1.54) is 6.08 Å². The number of methoxy groups -OCH3 is 1. The molecule has 4 nitrogen and oxygen atoms in total. The Morgan fingerprint density at radius 3 is 2.83 bits per heavy atom. The third-order valence-corrected chi connectivity index (χ3v) is 2.19. The van der Waals surface area contributed by atoms with Crippen molar-refractivity contribution < 1.29 is 19.4 Å². The van der Waals surface area contributed by atoms with Gasteiger partial charge < -0.3 is 14.6 Å². The van der Waals surface area contributed by atoms with Crippen molar-refractivity contribution in [3.63, 3.8) is 0 Å². The van der Waals surface area contributed by atoms with Crippen LogP contribution in [0, 0.1) is 0 Å². The van der Waals surface area contributed by atoms with Gasteiger partial charge in [-0.15, -0.1) is 6.58 Å². The van der Waals surface area contributed by atoms with Crippen LogP contribution in [0.2, 0.25) is 0 Å². The first-order valence-corrected chi connectivity index (χ1v) is 5.50. The van der Waals surface area contributed by atoms with E-state index in [0.29, 0.717) is 18.1 Å². The van der Waals surface area contributed by atoms with E-state index in [9.17, 15) is 4.79 Å². The zero-order valence-corrected chi connectivity index (χ0v) is 10.3. The molecule has 0 radical (unpaired) electrons. The molecular weight excluding hydrogens is 232 g/mol. The van der Waals surface area contributed by atoms with Crippen molar-refractivity contribution in [1.29, 1.82) is 0 Å². The van der Waals surface area contributed by atoms with Crippen molar-refractivity contribution in [2.45, 2.75) is 6.42 Å². The number of carbonyl (C=O) groups is 1. The lowest BCUT2D eigenvalue weighted by Crippen LogP contribution is -1.98. The SMILES string of the molecule is C=CCCOc1cc(C=CC(=O)O)ccc1OC. The maximum absolute atomic E-state index is 10.4. The number of rotatable bonds is 7. The maximum Gasteiger partial charge on any atom is 0.328 e. The molecule has 0 aliphatic heterocycles. The van der Waals surface area contributed by atoms with E-state index in [0.717, 1.165) is 18.1 Å². The molecule has 0 atom stereocenters. The van der Waals surface area contributed by atoms with Crippen molar-refractivity contribution in [1.82, 2.24) is 0 Å². The van der Waals surface area contributed by atoms with Gasteiger partial charge in [-0.1, -0.05) is 12.1 Å². The zero-order chi connectivity index (χ0) is 13.4. The topological polar surface area (TPSA) is 55.8 Å². The van der Waals surface area contributed by atoms with Crippen LogP contribution in [-0.4, -0.2) is 24.8 Å². The van der Waals surface area contributed by atoms with Crippen molar-refractivity contribution in [3.8, 4) is 11.5 Å². The van der Waals surface area contributed by atoms with E-state index < -0.39 is 5.97 Å². The molecule has 18 heavy (non-hydrogen) atoms. The summed E-state index contributed by atoms with van der Waals surface area (Å²) in [7, 11) is 1.56. The predicted molar refractivity (Wildman–Crippen MR) is 70.0 cm³/mol. The Bertz CT molecular complexity index is 449. The summed E-state index contributed by atoms with van der Waals surface area (Å²) in [5, 5.41) is 8.56. The third kappa shape index (κ3) is 4.33. The number of benzene rings is 1. The fourth-order valence-corrected chi connectivity index (χ4v) is 1.33. The second-order valence-electron chi connectivity index (χ2n) is 3.51. The van der Waals surface area contributed by atoms with Gasteiger partial charge >= 0.3 is 5.97 Å². The summed E-state index contributed by atoms with van der Waals surface area (Å²) in [6.07, 6.45) is 5.08. The van der Waals surface area contributed by atoms with Gasteiger partial charge in [-0.3, -0.25) is 0 Å². The molecule has 0 saturated heterocycles. The van der Waals surface area contributed by atoms with Crippen LogP contribution >= 0.6 is 0 Å². The average molecular weight is 248 g/mol. The van der Waals surface area contributed by atoms with Crippen LogP contribution < -0.4 is 9.47 Å². The highest BCUT2D eigenvalue weighted by molar-refractivity contribution is 5.85. The van der Waals surface area contributed by atoms with Crippen LogP contribution in [0.15, 0.2) is 36.9 Å². The maximum atomic E-state index is 10.4. The summed E-state index contributed by atoms with van der Waals surface area (Å²) < 4.78 is 10.7. The summed E-state index contributed by atoms with van der Waals surface area (Å²) >= 11 is 0. The first-order chi connectivity index (χ1) is 8.67. The molecule has 0 spiro atoms. The van der Waals surface area contributed by atoms with Crippen LogP contribution in [0.4, 0.5) is 0 Å². The quantitative estimate of drug-likeness (QED) is 0.458. The minimum absolute atomic E-state index is 0.506. The molecule has 0 heterocycles. The molecule has 0 unspecified atom stereocenters. The Morgan fingerprint density at radius 1 is 1.44 bits per heavy atom. The Labute approximate surface area is 106 Å². The molecule has 0 aliphatic rings. The molecule has 1 N–H and O–H groups in total. The standard InChI is InChI=1S/C14H16O4/c1-3-4-9-18-13-10-11(6-8-14(15)16)5-7-12(13)17-2/h3,5-8,10H,1,4,9H2,2H3,(H,15,16). The Hall–Kier alpha value is -2.23. The smallest absolute Gasteiger partial charge is 0.328 e. The summed E-state index contributed by atoms with van der Waals surface area (Å²) in [5.41, 5.74) is 0.742. The second kappa shape index (κ2) is 7.17. The summed E-state index contributed by atoms with van der Waals surface area (Å²) in [4.78, 5) is 10.4. The van der Waals surface area contributed by atoms with Crippen molar-refractivity contribution in [2.75, 3.05) is 13.7 Å². The number of hydrogen-bond donors (Lipinski definition) is 1. The van der Waals surface area contributed by atoms with Gasteiger partial charge in [0, 0.05) is 6.08 Å². The lowest BCUT2D eigenvalue weighted by molar-refractivity contribution is -0.131. The van der Waals surface area contributed by atoms with Gasteiger partial charge in [0.2, 0.25) is 0 Å². The summed E-state index contributed by atoms with van der Waals surface area (Å²) in [5.74, 6) is 0.221. The van der Waals surface area contributed by atoms with Crippen molar-refractivity contribution in [2.24, 2.45) is 0 Å². The molecular formula is C14H16O4. The fraction of sp³-hybridized carbons (Fsp3) is 0.214. The minimum Gasteiger partial charge on any atom is -0.493 e. The van der Waals surface area contributed by atoms with E-state index in [-0.39, 0.29) is 0 Å². The highest BCUT2D eigenvalue weighted by Crippen LogP contribution is 2.28. The minimum atomic E-state index is -0.986. The number of aliphatic carboxylic acids is 1. The van der Waals surface area contributed by atoms with Gasteiger partial charge in [0.15, 0.2) is 11.5 Å². The molecule has 0 saturated carbocycles. The van der Waals surface area contributed by atoms with Gasteiger partial charge in [0.05, 0.1) is 13.7 Å². The molecule has 1 aromatic carbocycles. The molecule has 96 valence electrons. The largest absolute Gasteiger partial charge is 0.493 e. The van der Waals surface area contributed by atoms with Gasteiger partial charge in [-0.2, -0.15) is 0 Å². The lowest BCUT2D eigenvalue weighted by Gasteiger charge is -2.10. The first kappa shape index (κ1) is 13.8. The van der Waals surface area contributed by atoms with Crippen molar-refractivity contribution >= 4 is 12.0 Å². The van der Waals surface area contributed by atoms with E-state index in [1.54, 1.807) is 31.4 Å². The normalized spacial score (nSPS) is 10.3. The number of ether oxygens (including phenoxy) is 2. The summed E-state index contributed by atoms with van der Waals surface area (Å²) in [6, 6.07) is 5.24. The van der Waals surface area contributed by atoms with Crippen LogP contribution in [-0.2, 0) is 4.79 Å². The molecule has 0 fully saturated rings. The number of carboxylic acid groups (broad SMARTS) is 1. The van der Waals surface area contributed by atoms with E-state index in [2.05, 4.69) is 6.58 Å². The first-order valence-electron chi connectivity index (χ1n) is 5.50. The number of hydrogen-bond acceptors (Lipinski definition) is 3. The molecule has 1 aromatic rings. The Morgan fingerprint density at radius 2 is 2.22 bits per heavy atom. The van der Waals surface area contributed by atoms with Gasteiger partial charge in [-0.05, 0) is 30.2 Å². The molecule has 0 bridgehead atoms. The van der Waals surface area contributed by atoms with Crippen LogP contribution in [0.1, 0.15) is 12.0 Å². The highest BCUT2D eigenvalue weighted by Gasteiger charge is 2.04. The second-order valence-corrected chi connectivity index (χ2v) is 3.51. The van der Waals surface area contributed by atoms with Crippen LogP contribution in [0.5, 0.6) is 11.5 Å². The van der Waals surface area contributed by atoms with Crippen molar-refractivity contribution in [3.05, 3.63) is 42.5 Å². The average Bonchev–Trinajstić information content (AvgIpc) is 2.37. The Kier molecular flexibility index (Phi) is 5.51. The zero-order valence-electron chi connectivity index (χ0n) is 10.3. The van der Waals surface area contributed by atoms with E-state index in [4.69, 9.17) is 14.6 Å². The predicted octanol–water partition coefficient (Wildman–Crippen LogP) is 2.75. The summed E-state index contributed by atoms with van der Waals surface area (Å²) in [6.45, 7) is 4.12. The fourth-order valence-electron chi connectivity index (χ4n) is 1.33. The lowest BCUT2D eigenvalue weighted by atomic mass is 10.2. The van der Waals surface area contributed by atoms with Gasteiger partial charge in [-0.25, -0.2) is 4.79 Å². The van der Waals surface area contributed by atoms with E-state index in [1.807, 2.05) is 0 Å². The Balaban J connectivity index is 2.86. The molecule has 1 rings (SSSR count). The molecule has 0 amide bonds. The number of carboxylic acids is 1. The third-order valence-electron chi connectivity index (χ3n) is 2.19. The van der Waals surface area contributed by atoms with Gasteiger partial charge in [0.1, 0.15) is 0 Å². The molecule has 0 aliphatic carbocycles. The van der Waals surface area contributed by atoms with Crippen LogP contribution in [0.3, 0.4) is 0 Å². The highest BCUT2D eigenvalue weighted by atomic mass is 16.5. The molecule has 4 heteroatoms. The van der Waals surface area contributed by atoms with Crippen LogP contribution in [0.25, 0.3) is 6.08 Å². The monoisotopic (exact) mass is 248 g/mol. The van der Waals surface area contributed by atoms with Gasteiger partial charge in [0.25, 0.3) is 0 Å². The van der Waals surface area contributed by atoms with E-state index >= 15 is 0 Å². The molecule has 0 aromatic heterocycles.